The third-order valence-corrected chi connectivity index (χ3v) is 5.44. The van der Waals surface area contributed by atoms with Gasteiger partial charge in [-0.1, -0.05) is 37.3 Å². The highest BCUT2D eigenvalue weighted by molar-refractivity contribution is 5.99. The molecular weight excluding hydrogens is 338 g/mol. The lowest BCUT2D eigenvalue weighted by molar-refractivity contribution is -0.125. The number of hydrogen-bond donors (Lipinski definition) is 1. The molecule has 1 saturated heterocycles. The van der Waals surface area contributed by atoms with E-state index in [1.54, 1.807) is 0 Å². The van der Waals surface area contributed by atoms with Gasteiger partial charge in [-0.15, -0.1) is 0 Å². The van der Waals surface area contributed by atoms with Crippen LogP contribution in [0.2, 0.25) is 0 Å². The number of hydrogen-bond acceptors (Lipinski definition) is 3. The average molecular weight is 367 g/mol. The normalized spacial score (nSPS) is 17.1. The number of nitrogens with one attached hydrogen (secondary N) is 1. The van der Waals surface area contributed by atoms with Gasteiger partial charge < -0.3 is 14.8 Å². The Hall–Kier alpha value is -2.33. The third kappa shape index (κ3) is 4.33. The van der Waals surface area contributed by atoms with Crippen LogP contribution in [0.4, 0.5) is 5.69 Å². The fourth-order valence-corrected chi connectivity index (χ4v) is 3.53. The summed E-state index contributed by atoms with van der Waals surface area (Å²) in [7, 11) is 0. The first-order valence-electron chi connectivity index (χ1n) is 9.77. The molecular formula is C23H29NO3. The molecule has 2 aromatic carbocycles. The lowest BCUT2D eigenvalue weighted by atomic mass is 9.73. The first kappa shape index (κ1) is 19.4. The van der Waals surface area contributed by atoms with E-state index in [1.165, 1.54) is 0 Å². The summed E-state index contributed by atoms with van der Waals surface area (Å²) in [6.45, 7) is 7.37. The van der Waals surface area contributed by atoms with Crippen molar-refractivity contribution < 1.29 is 14.3 Å². The van der Waals surface area contributed by atoms with Crippen LogP contribution in [0, 0.1) is 6.92 Å². The first-order valence-corrected chi connectivity index (χ1v) is 9.77. The van der Waals surface area contributed by atoms with Gasteiger partial charge in [0.05, 0.1) is 11.5 Å². The van der Waals surface area contributed by atoms with Crippen molar-refractivity contribution in [3.8, 4) is 5.75 Å². The molecule has 3 rings (SSSR count). The fraction of sp³-hybridized carbons (Fsp3) is 0.435. The van der Waals surface area contributed by atoms with Crippen molar-refractivity contribution in [2.45, 2.75) is 51.6 Å². The molecule has 1 heterocycles. The predicted octanol–water partition coefficient (Wildman–Crippen LogP) is 4.86. The standard InChI is InChI=1S/C23H29NO3/c1-4-18(3)27-21-11-10-20(16-17(21)2)24-22(25)23(12-14-26-15-13-23)19-8-6-5-7-9-19/h5-11,16,18H,4,12-15H2,1-3H3,(H,24,25). The van der Waals surface area contributed by atoms with Crippen LogP contribution in [-0.4, -0.2) is 25.2 Å². The molecule has 1 atom stereocenters. The Labute approximate surface area is 161 Å². The first-order chi connectivity index (χ1) is 13.0. The Balaban J connectivity index is 1.81. The van der Waals surface area contributed by atoms with Crippen molar-refractivity contribution in [3.05, 3.63) is 59.7 Å². The molecule has 1 fully saturated rings. The minimum absolute atomic E-state index is 0.0343. The van der Waals surface area contributed by atoms with E-state index in [9.17, 15) is 4.79 Å². The number of carbonyl (C=O) groups is 1. The van der Waals surface area contributed by atoms with E-state index in [4.69, 9.17) is 9.47 Å². The van der Waals surface area contributed by atoms with E-state index >= 15 is 0 Å². The quantitative estimate of drug-likeness (QED) is 0.793. The molecule has 0 aromatic heterocycles. The van der Waals surface area contributed by atoms with Gasteiger partial charge >= 0.3 is 0 Å². The van der Waals surface area contributed by atoms with E-state index in [2.05, 4.69) is 19.2 Å². The van der Waals surface area contributed by atoms with Gasteiger partial charge in [0.25, 0.3) is 0 Å². The topological polar surface area (TPSA) is 47.6 Å². The van der Waals surface area contributed by atoms with Gasteiger partial charge in [0, 0.05) is 18.9 Å². The summed E-state index contributed by atoms with van der Waals surface area (Å²) in [4.78, 5) is 13.3. The largest absolute Gasteiger partial charge is 0.490 e. The number of anilines is 1. The summed E-state index contributed by atoms with van der Waals surface area (Å²) in [6.07, 6.45) is 2.51. The number of amides is 1. The van der Waals surface area contributed by atoms with Crippen molar-refractivity contribution in [2.24, 2.45) is 0 Å². The monoisotopic (exact) mass is 367 g/mol. The van der Waals surface area contributed by atoms with Crippen molar-refractivity contribution in [1.29, 1.82) is 0 Å². The maximum absolute atomic E-state index is 13.3. The summed E-state index contributed by atoms with van der Waals surface area (Å²) < 4.78 is 11.5. The van der Waals surface area contributed by atoms with Gasteiger partial charge in [-0.3, -0.25) is 4.79 Å². The van der Waals surface area contributed by atoms with Crippen LogP contribution in [0.5, 0.6) is 5.75 Å². The number of rotatable bonds is 6. The highest BCUT2D eigenvalue weighted by Gasteiger charge is 2.41. The van der Waals surface area contributed by atoms with Gasteiger partial charge in [-0.2, -0.15) is 0 Å². The fourth-order valence-electron chi connectivity index (χ4n) is 3.53. The van der Waals surface area contributed by atoms with Gasteiger partial charge in [0.2, 0.25) is 5.91 Å². The molecule has 144 valence electrons. The smallest absolute Gasteiger partial charge is 0.235 e. The van der Waals surface area contributed by atoms with Gasteiger partial charge in [0.1, 0.15) is 5.75 Å². The molecule has 27 heavy (non-hydrogen) atoms. The number of carbonyl (C=O) groups excluding carboxylic acids is 1. The molecule has 1 unspecified atom stereocenters. The molecule has 0 aliphatic carbocycles. The van der Waals surface area contributed by atoms with Gasteiger partial charge in [-0.25, -0.2) is 0 Å². The van der Waals surface area contributed by atoms with Crippen molar-refractivity contribution >= 4 is 11.6 Å². The zero-order valence-corrected chi connectivity index (χ0v) is 16.5. The van der Waals surface area contributed by atoms with E-state index in [0.717, 1.165) is 29.0 Å². The Morgan fingerprint density at radius 3 is 2.52 bits per heavy atom. The van der Waals surface area contributed by atoms with Crippen LogP contribution < -0.4 is 10.1 Å². The van der Waals surface area contributed by atoms with Crippen LogP contribution in [0.3, 0.4) is 0 Å². The Bertz CT molecular complexity index is 766. The second-order valence-electron chi connectivity index (χ2n) is 7.33. The molecule has 1 aliphatic heterocycles. The second-order valence-corrected chi connectivity index (χ2v) is 7.33. The molecule has 1 N–H and O–H groups in total. The average Bonchev–Trinajstić information content (AvgIpc) is 2.71. The Kier molecular flexibility index (Phi) is 6.17. The van der Waals surface area contributed by atoms with Crippen LogP contribution >= 0.6 is 0 Å². The minimum atomic E-state index is -0.542. The maximum atomic E-state index is 13.3. The van der Waals surface area contributed by atoms with E-state index in [0.29, 0.717) is 26.1 Å². The Morgan fingerprint density at radius 2 is 1.89 bits per heavy atom. The molecule has 1 aliphatic rings. The van der Waals surface area contributed by atoms with E-state index in [1.807, 2.05) is 55.5 Å². The van der Waals surface area contributed by atoms with Crippen LogP contribution in [-0.2, 0) is 14.9 Å². The zero-order chi connectivity index (χ0) is 19.3. The maximum Gasteiger partial charge on any atom is 0.235 e. The number of benzene rings is 2. The van der Waals surface area contributed by atoms with Crippen molar-refractivity contribution in [3.63, 3.8) is 0 Å². The SMILES string of the molecule is CCC(C)Oc1ccc(NC(=O)C2(c3ccccc3)CCOCC2)cc1C. The van der Waals surface area contributed by atoms with E-state index < -0.39 is 5.41 Å². The number of aryl methyl sites for hydroxylation is 1. The molecule has 0 spiro atoms. The minimum Gasteiger partial charge on any atom is -0.490 e. The lowest BCUT2D eigenvalue weighted by Crippen LogP contribution is -2.44. The summed E-state index contributed by atoms with van der Waals surface area (Å²) >= 11 is 0. The zero-order valence-electron chi connectivity index (χ0n) is 16.5. The van der Waals surface area contributed by atoms with Gasteiger partial charge in [0.15, 0.2) is 0 Å². The molecule has 0 bridgehead atoms. The molecule has 4 nitrogen and oxygen atoms in total. The molecule has 0 radical (unpaired) electrons. The molecule has 0 saturated carbocycles. The van der Waals surface area contributed by atoms with Crippen LogP contribution in [0.25, 0.3) is 0 Å². The number of ether oxygens (including phenoxy) is 2. The van der Waals surface area contributed by atoms with Crippen molar-refractivity contribution in [2.75, 3.05) is 18.5 Å². The summed E-state index contributed by atoms with van der Waals surface area (Å²) in [5.74, 6) is 0.901. The summed E-state index contributed by atoms with van der Waals surface area (Å²) in [6, 6.07) is 15.9. The highest BCUT2D eigenvalue weighted by Crippen LogP contribution is 2.36. The Morgan fingerprint density at radius 1 is 1.19 bits per heavy atom. The van der Waals surface area contributed by atoms with Gasteiger partial charge in [-0.05, 0) is 62.4 Å². The predicted molar refractivity (Wildman–Crippen MR) is 108 cm³/mol. The second kappa shape index (κ2) is 8.57. The lowest BCUT2D eigenvalue weighted by Gasteiger charge is -2.36. The highest BCUT2D eigenvalue weighted by atomic mass is 16.5. The summed E-state index contributed by atoms with van der Waals surface area (Å²) in [5, 5.41) is 3.14. The van der Waals surface area contributed by atoms with Crippen LogP contribution in [0.1, 0.15) is 44.2 Å². The van der Waals surface area contributed by atoms with Crippen LogP contribution in [0.15, 0.2) is 48.5 Å². The summed E-state index contributed by atoms with van der Waals surface area (Å²) in [5.41, 5.74) is 2.34. The molecule has 1 amide bonds. The molecule has 4 heteroatoms. The molecule has 2 aromatic rings. The van der Waals surface area contributed by atoms with Crippen molar-refractivity contribution in [1.82, 2.24) is 0 Å². The van der Waals surface area contributed by atoms with E-state index in [-0.39, 0.29) is 12.0 Å². The third-order valence-electron chi connectivity index (χ3n) is 5.44.